The van der Waals surface area contributed by atoms with Crippen molar-refractivity contribution >= 4 is 12.4 Å². The molecule has 0 aliphatic carbocycles. The van der Waals surface area contributed by atoms with Crippen LogP contribution < -0.4 is 0 Å². The standard InChI is InChI=1S/2C5H11NO/c2*1-5(2)3-4-6-7/h2*4-5,7H,3H2,1-2H3. The van der Waals surface area contributed by atoms with Gasteiger partial charge >= 0.3 is 0 Å². The molecular formula is C10H22N2O2. The Morgan fingerprint density at radius 3 is 1.21 bits per heavy atom. The number of hydrogen-bond acceptors (Lipinski definition) is 4. The number of hydrogen-bond donors (Lipinski definition) is 2. The molecule has 0 saturated heterocycles. The third-order valence-electron chi connectivity index (χ3n) is 1.32. The maximum absolute atomic E-state index is 7.88. The first-order valence-electron chi connectivity index (χ1n) is 4.86. The Morgan fingerprint density at radius 1 is 0.857 bits per heavy atom. The Hall–Kier alpha value is -1.06. The average Bonchev–Trinajstić information content (AvgIpc) is 2.12. The van der Waals surface area contributed by atoms with E-state index in [1.165, 1.54) is 12.4 Å². The molecular weight excluding hydrogens is 180 g/mol. The fourth-order valence-electron chi connectivity index (χ4n) is 0.516. The van der Waals surface area contributed by atoms with E-state index in [1.54, 1.807) is 0 Å². The van der Waals surface area contributed by atoms with Crippen LogP contribution in [0.15, 0.2) is 10.3 Å². The first-order valence-corrected chi connectivity index (χ1v) is 4.86. The number of oxime groups is 2. The van der Waals surface area contributed by atoms with E-state index in [9.17, 15) is 0 Å². The quantitative estimate of drug-likeness (QED) is 0.418. The third kappa shape index (κ3) is 22.4. The van der Waals surface area contributed by atoms with Gasteiger partial charge in [-0.25, -0.2) is 0 Å². The Labute approximate surface area is 86.3 Å². The minimum Gasteiger partial charge on any atom is -0.411 e. The molecule has 0 aromatic heterocycles. The average molecular weight is 202 g/mol. The van der Waals surface area contributed by atoms with E-state index < -0.39 is 0 Å². The number of nitrogens with zero attached hydrogens (tertiary/aromatic N) is 2. The molecule has 0 aromatic rings. The van der Waals surface area contributed by atoms with Crippen LogP contribution >= 0.6 is 0 Å². The first-order chi connectivity index (χ1) is 6.54. The second-order valence-corrected chi connectivity index (χ2v) is 3.86. The van der Waals surface area contributed by atoms with Crippen molar-refractivity contribution in [1.82, 2.24) is 0 Å². The van der Waals surface area contributed by atoms with Crippen LogP contribution in [-0.2, 0) is 0 Å². The van der Waals surface area contributed by atoms with Gasteiger partial charge in [-0.1, -0.05) is 27.7 Å². The summed E-state index contributed by atoms with van der Waals surface area (Å²) in [4.78, 5) is 0. The zero-order valence-electron chi connectivity index (χ0n) is 9.51. The van der Waals surface area contributed by atoms with Crippen molar-refractivity contribution in [2.24, 2.45) is 22.1 Å². The van der Waals surface area contributed by atoms with Crippen LogP contribution in [0.5, 0.6) is 0 Å². The summed E-state index contributed by atoms with van der Waals surface area (Å²) in [6, 6.07) is 0. The normalized spacial score (nSPS) is 11.3. The van der Waals surface area contributed by atoms with Gasteiger partial charge in [-0.3, -0.25) is 0 Å². The van der Waals surface area contributed by atoms with E-state index in [4.69, 9.17) is 10.4 Å². The molecule has 0 aromatic carbocycles. The summed E-state index contributed by atoms with van der Waals surface area (Å²) in [5, 5.41) is 21.5. The fraction of sp³-hybridized carbons (Fsp3) is 0.800. The lowest BCUT2D eigenvalue weighted by atomic mass is 10.2. The van der Waals surface area contributed by atoms with Gasteiger partial charge < -0.3 is 10.4 Å². The molecule has 14 heavy (non-hydrogen) atoms. The van der Waals surface area contributed by atoms with Crippen molar-refractivity contribution in [1.29, 1.82) is 0 Å². The van der Waals surface area contributed by atoms with Crippen molar-refractivity contribution in [3.05, 3.63) is 0 Å². The summed E-state index contributed by atoms with van der Waals surface area (Å²) in [5.74, 6) is 1.19. The van der Waals surface area contributed by atoms with Crippen LogP contribution in [0.1, 0.15) is 40.5 Å². The lowest BCUT2D eigenvalue weighted by Gasteiger charge is -1.92. The molecule has 84 valence electrons. The van der Waals surface area contributed by atoms with Crippen LogP contribution in [0.25, 0.3) is 0 Å². The van der Waals surface area contributed by atoms with E-state index in [1.807, 2.05) is 0 Å². The van der Waals surface area contributed by atoms with Gasteiger partial charge in [0.2, 0.25) is 0 Å². The third-order valence-corrected chi connectivity index (χ3v) is 1.32. The van der Waals surface area contributed by atoms with E-state index in [0.717, 1.165) is 12.8 Å². The summed E-state index contributed by atoms with van der Waals surface area (Å²) in [5.41, 5.74) is 0. The monoisotopic (exact) mass is 202 g/mol. The molecule has 0 aliphatic rings. The lowest BCUT2D eigenvalue weighted by Crippen LogP contribution is -1.85. The molecule has 0 aliphatic heterocycles. The molecule has 0 amide bonds. The molecule has 0 atom stereocenters. The zero-order chi connectivity index (χ0) is 11.4. The second-order valence-electron chi connectivity index (χ2n) is 3.86. The van der Waals surface area contributed by atoms with Crippen LogP contribution in [0.3, 0.4) is 0 Å². The maximum Gasteiger partial charge on any atom is 0.0438 e. The zero-order valence-corrected chi connectivity index (χ0v) is 9.51. The summed E-state index contributed by atoms with van der Waals surface area (Å²) in [6.45, 7) is 8.28. The summed E-state index contributed by atoms with van der Waals surface area (Å²) in [7, 11) is 0. The van der Waals surface area contributed by atoms with Crippen LogP contribution in [0.4, 0.5) is 0 Å². The van der Waals surface area contributed by atoms with Crippen LogP contribution in [-0.4, -0.2) is 22.8 Å². The lowest BCUT2D eigenvalue weighted by molar-refractivity contribution is 0.319. The van der Waals surface area contributed by atoms with Gasteiger partial charge in [0, 0.05) is 12.4 Å². The summed E-state index contributed by atoms with van der Waals surface area (Å²) in [6.07, 6.45) is 4.72. The molecule has 0 rings (SSSR count). The van der Waals surface area contributed by atoms with Gasteiger partial charge in [0.25, 0.3) is 0 Å². The Bertz CT molecular complexity index is 136. The van der Waals surface area contributed by atoms with Crippen molar-refractivity contribution in [2.45, 2.75) is 40.5 Å². The second kappa shape index (κ2) is 11.9. The highest BCUT2D eigenvalue weighted by Gasteiger charge is 1.86. The minimum atomic E-state index is 0.593. The van der Waals surface area contributed by atoms with Crippen LogP contribution in [0.2, 0.25) is 0 Å². The molecule has 2 N–H and O–H groups in total. The predicted molar refractivity (Wildman–Crippen MR) is 59.5 cm³/mol. The SMILES string of the molecule is CC(C)CC=NO.CC(C)CC=NO. The summed E-state index contributed by atoms with van der Waals surface area (Å²) >= 11 is 0. The molecule has 0 unspecified atom stereocenters. The predicted octanol–water partition coefficient (Wildman–Crippen LogP) is 2.99. The minimum absolute atomic E-state index is 0.593. The Balaban J connectivity index is 0. The molecule has 0 radical (unpaired) electrons. The van der Waals surface area contributed by atoms with Crippen molar-refractivity contribution in [3.63, 3.8) is 0 Å². The van der Waals surface area contributed by atoms with E-state index >= 15 is 0 Å². The van der Waals surface area contributed by atoms with Gasteiger partial charge in [-0.05, 0) is 24.7 Å². The van der Waals surface area contributed by atoms with E-state index in [-0.39, 0.29) is 0 Å². The Kier molecular flexibility index (Phi) is 13.1. The van der Waals surface area contributed by atoms with E-state index in [2.05, 4.69) is 38.0 Å². The molecule has 0 spiro atoms. The van der Waals surface area contributed by atoms with Crippen molar-refractivity contribution in [3.8, 4) is 0 Å². The van der Waals surface area contributed by atoms with E-state index in [0.29, 0.717) is 11.8 Å². The smallest absolute Gasteiger partial charge is 0.0438 e. The molecule has 4 heteroatoms. The molecule has 4 nitrogen and oxygen atoms in total. The van der Waals surface area contributed by atoms with Gasteiger partial charge in [0.1, 0.15) is 0 Å². The van der Waals surface area contributed by atoms with Gasteiger partial charge in [0.15, 0.2) is 0 Å². The Morgan fingerprint density at radius 2 is 1.14 bits per heavy atom. The maximum atomic E-state index is 7.88. The van der Waals surface area contributed by atoms with Crippen LogP contribution in [0, 0.1) is 11.8 Å². The van der Waals surface area contributed by atoms with Gasteiger partial charge in [-0.2, -0.15) is 0 Å². The van der Waals surface area contributed by atoms with Gasteiger partial charge in [0.05, 0.1) is 0 Å². The summed E-state index contributed by atoms with van der Waals surface area (Å²) < 4.78 is 0. The molecule has 0 heterocycles. The van der Waals surface area contributed by atoms with Gasteiger partial charge in [-0.15, -0.1) is 10.3 Å². The van der Waals surface area contributed by atoms with Crippen molar-refractivity contribution < 1.29 is 10.4 Å². The number of rotatable bonds is 4. The largest absolute Gasteiger partial charge is 0.411 e. The highest BCUT2D eigenvalue weighted by Crippen LogP contribution is 1.94. The highest BCUT2D eigenvalue weighted by atomic mass is 16.4. The van der Waals surface area contributed by atoms with Crippen molar-refractivity contribution in [2.75, 3.05) is 0 Å². The molecule has 0 bridgehead atoms. The molecule has 0 saturated carbocycles. The highest BCUT2D eigenvalue weighted by molar-refractivity contribution is 5.56. The fourth-order valence-corrected chi connectivity index (χ4v) is 0.516. The first kappa shape index (κ1) is 15.4. The molecule has 0 fully saturated rings. The topological polar surface area (TPSA) is 65.2 Å².